The summed E-state index contributed by atoms with van der Waals surface area (Å²) in [5, 5.41) is 11.8. The molecule has 65 heavy (non-hydrogen) atoms. The lowest BCUT2D eigenvalue weighted by Gasteiger charge is -2.22. The second-order valence-electron chi connectivity index (χ2n) is 17.3. The van der Waals surface area contributed by atoms with Crippen LogP contribution in [0.1, 0.15) is 24.5 Å². The number of aromatic nitrogens is 2. The maximum absolute atomic E-state index is 6.69. The summed E-state index contributed by atoms with van der Waals surface area (Å²) in [5.74, 6) is 1.69. The minimum atomic E-state index is 0.0258. The number of fused-ring (bicyclic) bond motifs is 13. The first kappa shape index (κ1) is 36.4. The quantitative estimate of drug-likeness (QED) is 0.175. The van der Waals surface area contributed by atoms with Crippen molar-refractivity contribution < 1.29 is 4.42 Å². The number of thiophene rings is 1. The maximum Gasteiger partial charge on any atom is 0.163 e. The summed E-state index contributed by atoms with van der Waals surface area (Å²) in [6.45, 7) is 2.31. The van der Waals surface area contributed by atoms with Crippen LogP contribution < -0.4 is 0 Å². The van der Waals surface area contributed by atoms with Crippen LogP contribution in [0.5, 0.6) is 0 Å². The molecule has 5 nitrogen and oxygen atoms in total. The van der Waals surface area contributed by atoms with Crippen molar-refractivity contribution in [3.8, 4) is 5.69 Å². The molecule has 13 aromatic rings. The van der Waals surface area contributed by atoms with Crippen LogP contribution >= 0.6 is 11.3 Å². The van der Waals surface area contributed by atoms with Crippen LogP contribution in [0, 0.1) is 5.92 Å². The van der Waals surface area contributed by atoms with Gasteiger partial charge in [0.2, 0.25) is 0 Å². The number of furan rings is 1. The molecule has 4 aromatic heterocycles. The first-order chi connectivity index (χ1) is 32.1. The van der Waals surface area contributed by atoms with Gasteiger partial charge in [0.25, 0.3) is 0 Å². The van der Waals surface area contributed by atoms with Crippen molar-refractivity contribution in [1.29, 1.82) is 0 Å². The summed E-state index contributed by atoms with van der Waals surface area (Å²) >= 11 is 1.81. The van der Waals surface area contributed by atoms with Crippen LogP contribution in [0.2, 0.25) is 0 Å². The molecule has 14 rings (SSSR count). The SMILES string of the molecule is CC1C/C=C(c2cc3c(cc2-n2c4ccccc4c4cc5ccccc5cc42)oc2ccccc23)/N=C(c2cccc3c2sc2ccccc23)\N=C/1n1c2ccccc2c2ccccc21. The van der Waals surface area contributed by atoms with Crippen LogP contribution in [-0.4, -0.2) is 20.8 Å². The van der Waals surface area contributed by atoms with E-state index in [0.717, 1.165) is 78.8 Å². The zero-order chi connectivity index (χ0) is 42.8. The average molecular weight is 851 g/mol. The number of nitrogens with zero attached hydrogens (tertiary/aromatic N) is 4. The number of para-hydroxylation sites is 4. The molecule has 5 heterocycles. The summed E-state index contributed by atoms with van der Waals surface area (Å²) in [7, 11) is 0. The summed E-state index contributed by atoms with van der Waals surface area (Å²) in [4.78, 5) is 11.7. The molecule has 0 N–H and O–H groups in total. The van der Waals surface area contributed by atoms with Gasteiger partial charge in [-0.15, -0.1) is 11.3 Å². The first-order valence-electron chi connectivity index (χ1n) is 22.3. The van der Waals surface area contributed by atoms with Gasteiger partial charge >= 0.3 is 0 Å². The Morgan fingerprint density at radius 3 is 1.86 bits per heavy atom. The predicted molar refractivity (Wildman–Crippen MR) is 275 cm³/mol. The van der Waals surface area contributed by atoms with E-state index in [1.165, 1.54) is 52.5 Å². The molecule has 0 aliphatic carbocycles. The van der Waals surface area contributed by atoms with E-state index >= 15 is 0 Å². The third-order valence-electron chi connectivity index (χ3n) is 13.6. The number of allylic oxidation sites excluding steroid dienone is 1. The molecular formula is C59H38N4OS. The molecule has 306 valence electrons. The van der Waals surface area contributed by atoms with Crippen LogP contribution in [-0.2, 0) is 0 Å². The van der Waals surface area contributed by atoms with E-state index in [2.05, 4.69) is 204 Å². The monoisotopic (exact) mass is 850 g/mol. The highest BCUT2D eigenvalue weighted by Crippen LogP contribution is 2.43. The zero-order valence-corrected chi connectivity index (χ0v) is 36.2. The Balaban J connectivity index is 1.10. The molecule has 0 saturated heterocycles. The molecule has 1 unspecified atom stereocenters. The maximum atomic E-state index is 6.69. The Bertz CT molecular complexity index is 4190. The Morgan fingerprint density at radius 2 is 1.09 bits per heavy atom. The number of hydrogen-bond donors (Lipinski definition) is 0. The van der Waals surface area contributed by atoms with Crippen molar-refractivity contribution in [3.05, 3.63) is 205 Å². The van der Waals surface area contributed by atoms with Gasteiger partial charge in [-0.2, -0.15) is 0 Å². The number of aliphatic imine (C=N–C) groups is 2. The second kappa shape index (κ2) is 14.0. The molecule has 0 fully saturated rings. The van der Waals surface area contributed by atoms with Gasteiger partial charge in [-0.1, -0.05) is 140 Å². The first-order valence-corrected chi connectivity index (χ1v) is 23.1. The zero-order valence-electron chi connectivity index (χ0n) is 35.4. The van der Waals surface area contributed by atoms with E-state index in [-0.39, 0.29) is 5.92 Å². The lowest BCUT2D eigenvalue weighted by atomic mass is 9.99. The minimum Gasteiger partial charge on any atom is -0.456 e. The average Bonchev–Trinajstić information content (AvgIpc) is 4.10. The van der Waals surface area contributed by atoms with E-state index in [1.54, 1.807) is 0 Å². The van der Waals surface area contributed by atoms with Crippen molar-refractivity contribution in [3.63, 3.8) is 0 Å². The van der Waals surface area contributed by atoms with Gasteiger partial charge in [-0.25, -0.2) is 9.98 Å². The molecule has 1 atom stereocenters. The molecule has 0 saturated carbocycles. The van der Waals surface area contributed by atoms with Gasteiger partial charge in [-0.05, 0) is 71.8 Å². The number of rotatable bonds is 3. The van der Waals surface area contributed by atoms with Crippen molar-refractivity contribution in [2.24, 2.45) is 15.9 Å². The van der Waals surface area contributed by atoms with Crippen molar-refractivity contribution in [2.75, 3.05) is 0 Å². The van der Waals surface area contributed by atoms with Crippen molar-refractivity contribution >= 4 is 125 Å². The van der Waals surface area contributed by atoms with Gasteiger partial charge in [0.05, 0.1) is 33.5 Å². The van der Waals surface area contributed by atoms with E-state index in [9.17, 15) is 0 Å². The van der Waals surface area contributed by atoms with Crippen molar-refractivity contribution in [2.45, 2.75) is 13.3 Å². The van der Waals surface area contributed by atoms with Crippen molar-refractivity contribution in [1.82, 2.24) is 9.13 Å². The van der Waals surface area contributed by atoms with Crippen LogP contribution in [0.15, 0.2) is 209 Å². The third-order valence-corrected chi connectivity index (χ3v) is 14.8. The Labute approximate surface area is 377 Å². The highest BCUT2D eigenvalue weighted by Gasteiger charge is 2.26. The van der Waals surface area contributed by atoms with Gasteiger partial charge < -0.3 is 8.98 Å². The van der Waals surface area contributed by atoms with Gasteiger partial charge in [-0.3, -0.25) is 4.57 Å². The summed E-state index contributed by atoms with van der Waals surface area (Å²) in [5.41, 5.74) is 10.2. The summed E-state index contributed by atoms with van der Waals surface area (Å²) in [6.07, 6.45) is 3.08. The standard InChI is InChI=1S/C59H38N4OS/c1-35-29-30-48(47-33-46-41-20-7-12-27-54(41)64-55(46)34-53(47)62-49-24-9-6-19-40(49)45-31-36-15-2-3-16-37(36)32-52(45)62)60-58(44-23-14-22-43-42-21-8-13-28-56(42)65-57(43)44)61-59(35)63-50-25-10-4-17-38(50)39-18-5-11-26-51(39)63/h2-28,30-35H,29H2,1H3/b48-30+,60-58-,61-59+. The van der Waals surface area contributed by atoms with E-state index in [4.69, 9.17) is 14.4 Å². The molecule has 9 aromatic carbocycles. The lowest BCUT2D eigenvalue weighted by Crippen LogP contribution is -2.23. The molecular weight excluding hydrogens is 813 g/mol. The lowest BCUT2D eigenvalue weighted by molar-refractivity contribution is 0.668. The number of benzene rings is 9. The van der Waals surface area contributed by atoms with Gasteiger partial charge in [0, 0.05) is 75.6 Å². The Hall–Kier alpha value is -8.06. The molecule has 6 heteroatoms. The topological polar surface area (TPSA) is 47.7 Å². The molecule has 0 bridgehead atoms. The van der Waals surface area contributed by atoms with Crippen LogP contribution in [0.25, 0.3) is 108 Å². The van der Waals surface area contributed by atoms with E-state index in [0.29, 0.717) is 5.84 Å². The molecule has 0 spiro atoms. The second-order valence-corrected chi connectivity index (χ2v) is 18.4. The predicted octanol–water partition coefficient (Wildman–Crippen LogP) is 16.1. The number of hydrogen-bond acceptors (Lipinski definition) is 4. The van der Waals surface area contributed by atoms with Gasteiger partial charge in [0.15, 0.2) is 5.84 Å². The smallest absolute Gasteiger partial charge is 0.163 e. The number of amidine groups is 1. The summed E-state index contributed by atoms with van der Waals surface area (Å²) in [6, 6.07) is 67.7. The molecule has 1 aliphatic rings. The van der Waals surface area contributed by atoms with E-state index in [1.807, 2.05) is 17.4 Å². The highest BCUT2D eigenvalue weighted by atomic mass is 32.1. The van der Waals surface area contributed by atoms with Crippen LogP contribution in [0.3, 0.4) is 0 Å². The normalized spacial score (nSPS) is 17.3. The third kappa shape index (κ3) is 5.44. The highest BCUT2D eigenvalue weighted by molar-refractivity contribution is 7.26. The van der Waals surface area contributed by atoms with Gasteiger partial charge in [0.1, 0.15) is 17.0 Å². The van der Waals surface area contributed by atoms with Crippen LogP contribution in [0.4, 0.5) is 0 Å². The fraction of sp³-hybridized carbons (Fsp3) is 0.0508. The Morgan fingerprint density at radius 1 is 0.477 bits per heavy atom. The molecule has 0 radical (unpaired) electrons. The Kier molecular flexibility index (Phi) is 7.83. The molecule has 0 amide bonds. The molecule has 1 aliphatic heterocycles. The summed E-state index contributed by atoms with van der Waals surface area (Å²) < 4.78 is 13.9. The fourth-order valence-corrected chi connectivity index (χ4v) is 11.7. The fourth-order valence-electron chi connectivity index (χ4n) is 10.5. The largest absolute Gasteiger partial charge is 0.456 e. The van der Waals surface area contributed by atoms with E-state index < -0.39 is 0 Å². The minimum absolute atomic E-state index is 0.0258.